The molecule has 104 valence electrons. The molecule has 2 aromatic rings. The van der Waals surface area contributed by atoms with E-state index in [2.05, 4.69) is 38.4 Å². The highest BCUT2D eigenvalue weighted by Gasteiger charge is 2.10. The fraction of sp³-hybridized carbons (Fsp3) is 0.250. The number of carbonyl (C=O) groups excluding carboxylic acids is 1. The maximum absolute atomic E-state index is 12.0. The Kier molecular flexibility index (Phi) is 5.30. The lowest BCUT2D eigenvalue weighted by molar-refractivity contribution is 0.0938. The minimum atomic E-state index is -0.0839. The molecule has 1 amide bonds. The largest absolute Gasteiger partial charge is 0.350 e. The molecule has 0 saturated carbocycles. The second kappa shape index (κ2) is 7.20. The standard InChI is InChI=1S/C16H17BrN2O/c1-12(7-8-13-5-3-2-4-6-13)19-16(20)14-9-15(17)11-18-10-14/h2-6,9-12H,7-8H2,1H3,(H,19,20)/t12-/m1/s1. The molecule has 4 heteroatoms. The molecule has 0 aliphatic carbocycles. The molecule has 0 saturated heterocycles. The average molecular weight is 333 g/mol. The Bertz CT molecular complexity index is 572. The van der Waals surface area contributed by atoms with Gasteiger partial charge in [0.05, 0.1) is 5.56 Å². The average Bonchev–Trinajstić information content (AvgIpc) is 2.46. The Hall–Kier alpha value is -1.68. The van der Waals surface area contributed by atoms with Gasteiger partial charge in [-0.25, -0.2) is 0 Å². The third kappa shape index (κ3) is 4.46. The summed E-state index contributed by atoms with van der Waals surface area (Å²) in [5, 5.41) is 2.99. The van der Waals surface area contributed by atoms with Gasteiger partial charge in [0.15, 0.2) is 0 Å². The third-order valence-electron chi connectivity index (χ3n) is 3.05. The van der Waals surface area contributed by atoms with Crippen LogP contribution in [-0.4, -0.2) is 16.9 Å². The minimum Gasteiger partial charge on any atom is -0.350 e. The van der Waals surface area contributed by atoms with Crippen LogP contribution >= 0.6 is 15.9 Å². The number of hydrogen-bond acceptors (Lipinski definition) is 2. The lowest BCUT2D eigenvalue weighted by Crippen LogP contribution is -2.32. The van der Waals surface area contributed by atoms with Crippen LogP contribution in [0.2, 0.25) is 0 Å². The summed E-state index contributed by atoms with van der Waals surface area (Å²) in [4.78, 5) is 16.0. The van der Waals surface area contributed by atoms with E-state index in [1.54, 1.807) is 18.5 Å². The van der Waals surface area contributed by atoms with E-state index in [4.69, 9.17) is 0 Å². The van der Waals surface area contributed by atoms with Crippen LogP contribution in [0.5, 0.6) is 0 Å². The Morgan fingerprint density at radius 3 is 2.75 bits per heavy atom. The van der Waals surface area contributed by atoms with Crippen molar-refractivity contribution in [2.24, 2.45) is 0 Å². The number of carbonyl (C=O) groups is 1. The molecule has 20 heavy (non-hydrogen) atoms. The Balaban J connectivity index is 1.85. The van der Waals surface area contributed by atoms with Crippen LogP contribution in [0.3, 0.4) is 0 Å². The van der Waals surface area contributed by atoms with Gasteiger partial charge in [0, 0.05) is 22.9 Å². The van der Waals surface area contributed by atoms with Gasteiger partial charge in [-0.1, -0.05) is 30.3 Å². The van der Waals surface area contributed by atoms with Crippen molar-refractivity contribution in [1.29, 1.82) is 0 Å². The van der Waals surface area contributed by atoms with Gasteiger partial charge in [-0.15, -0.1) is 0 Å². The monoisotopic (exact) mass is 332 g/mol. The topological polar surface area (TPSA) is 42.0 Å². The predicted octanol–water partition coefficient (Wildman–Crippen LogP) is 3.60. The second-order valence-corrected chi connectivity index (χ2v) is 5.71. The van der Waals surface area contributed by atoms with E-state index >= 15 is 0 Å². The fourth-order valence-corrected chi connectivity index (χ4v) is 2.31. The van der Waals surface area contributed by atoms with Gasteiger partial charge in [-0.05, 0) is 47.3 Å². The number of nitrogens with zero attached hydrogens (tertiary/aromatic N) is 1. The number of hydrogen-bond donors (Lipinski definition) is 1. The van der Waals surface area contributed by atoms with E-state index in [9.17, 15) is 4.79 Å². The van der Waals surface area contributed by atoms with E-state index in [1.807, 2.05) is 25.1 Å². The summed E-state index contributed by atoms with van der Waals surface area (Å²) in [5.41, 5.74) is 1.86. The SMILES string of the molecule is C[C@H](CCc1ccccc1)NC(=O)c1cncc(Br)c1. The van der Waals surface area contributed by atoms with E-state index in [0.29, 0.717) is 5.56 Å². The molecular weight excluding hydrogens is 316 g/mol. The zero-order valence-electron chi connectivity index (χ0n) is 11.3. The van der Waals surface area contributed by atoms with Gasteiger partial charge in [-0.2, -0.15) is 0 Å². The van der Waals surface area contributed by atoms with Crippen LogP contribution in [0.1, 0.15) is 29.3 Å². The summed E-state index contributed by atoms with van der Waals surface area (Å²) in [6.07, 6.45) is 5.11. The number of nitrogens with one attached hydrogen (secondary N) is 1. The first kappa shape index (κ1) is 14.7. The zero-order chi connectivity index (χ0) is 14.4. The smallest absolute Gasteiger partial charge is 0.253 e. The Labute approximate surface area is 127 Å². The molecule has 1 heterocycles. The molecular formula is C16H17BrN2O. The maximum Gasteiger partial charge on any atom is 0.253 e. The van der Waals surface area contributed by atoms with Gasteiger partial charge in [0.2, 0.25) is 0 Å². The molecule has 1 aromatic heterocycles. The predicted molar refractivity (Wildman–Crippen MR) is 83.6 cm³/mol. The van der Waals surface area contributed by atoms with Gasteiger partial charge in [-0.3, -0.25) is 9.78 Å². The molecule has 3 nitrogen and oxygen atoms in total. The highest BCUT2D eigenvalue weighted by molar-refractivity contribution is 9.10. The third-order valence-corrected chi connectivity index (χ3v) is 3.49. The van der Waals surface area contributed by atoms with E-state index < -0.39 is 0 Å². The summed E-state index contributed by atoms with van der Waals surface area (Å²) in [5.74, 6) is -0.0839. The van der Waals surface area contributed by atoms with Crippen LogP contribution in [0.15, 0.2) is 53.3 Å². The fourth-order valence-electron chi connectivity index (χ4n) is 1.94. The molecule has 0 fully saturated rings. The molecule has 1 atom stereocenters. The van der Waals surface area contributed by atoms with Crippen molar-refractivity contribution >= 4 is 21.8 Å². The van der Waals surface area contributed by atoms with Crippen LogP contribution in [0.25, 0.3) is 0 Å². The first-order valence-electron chi connectivity index (χ1n) is 6.60. The summed E-state index contributed by atoms with van der Waals surface area (Å²) in [7, 11) is 0. The molecule has 0 bridgehead atoms. The lowest BCUT2D eigenvalue weighted by atomic mass is 10.1. The molecule has 0 aliphatic heterocycles. The molecule has 2 rings (SSSR count). The van der Waals surface area contributed by atoms with E-state index in [0.717, 1.165) is 17.3 Å². The van der Waals surface area contributed by atoms with Gasteiger partial charge in [0.25, 0.3) is 5.91 Å². The quantitative estimate of drug-likeness (QED) is 0.908. The van der Waals surface area contributed by atoms with Gasteiger partial charge < -0.3 is 5.32 Å². The number of aromatic nitrogens is 1. The molecule has 0 aliphatic rings. The van der Waals surface area contributed by atoms with Crippen molar-refractivity contribution < 1.29 is 4.79 Å². The minimum absolute atomic E-state index is 0.0839. The number of amides is 1. The summed E-state index contributed by atoms with van der Waals surface area (Å²) in [6.45, 7) is 2.02. The summed E-state index contributed by atoms with van der Waals surface area (Å²) in [6, 6.07) is 12.2. The van der Waals surface area contributed by atoms with Crippen LogP contribution in [-0.2, 0) is 6.42 Å². The normalized spacial score (nSPS) is 11.9. The van der Waals surface area contributed by atoms with Crippen LogP contribution in [0.4, 0.5) is 0 Å². The number of pyridine rings is 1. The second-order valence-electron chi connectivity index (χ2n) is 4.79. The highest BCUT2D eigenvalue weighted by atomic mass is 79.9. The lowest BCUT2D eigenvalue weighted by Gasteiger charge is -2.14. The van der Waals surface area contributed by atoms with Crippen molar-refractivity contribution in [3.8, 4) is 0 Å². The number of halogens is 1. The number of aryl methyl sites for hydroxylation is 1. The Morgan fingerprint density at radius 1 is 1.30 bits per heavy atom. The molecule has 0 radical (unpaired) electrons. The van der Waals surface area contributed by atoms with Gasteiger partial charge >= 0.3 is 0 Å². The van der Waals surface area contributed by atoms with Crippen LogP contribution in [0, 0.1) is 0 Å². The molecule has 0 spiro atoms. The van der Waals surface area contributed by atoms with Crippen molar-refractivity contribution in [3.63, 3.8) is 0 Å². The van der Waals surface area contributed by atoms with Gasteiger partial charge in [0.1, 0.15) is 0 Å². The molecule has 1 N–H and O–H groups in total. The van der Waals surface area contributed by atoms with Crippen molar-refractivity contribution in [2.45, 2.75) is 25.8 Å². The molecule has 0 unspecified atom stereocenters. The van der Waals surface area contributed by atoms with Crippen molar-refractivity contribution in [3.05, 3.63) is 64.4 Å². The van der Waals surface area contributed by atoms with Crippen molar-refractivity contribution in [2.75, 3.05) is 0 Å². The first-order valence-corrected chi connectivity index (χ1v) is 7.40. The van der Waals surface area contributed by atoms with Crippen LogP contribution < -0.4 is 5.32 Å². The molecule has 1 aromatic carbocycles. The Morgan fingerprint density at radius 2 is 2.05 bits per heavy atom. The first-order chi connectivity index (χ1) is 9.65. The number of rotatable bonds is 5. The number of benzene rings is 1. The zero-order valence-corrected chi connectivity index (χ0v) is 12.9. The maximum atomic E-state index is 12.0. The van der Waals surface area contributed by atoms with E-state index in [1.165, 1.54) is 5.56 Å². The van der Waals surface area contributed by atoms with Crippen molar-refractivity contribution in [1.82, 2.24) is 10.3 Å². The summed E-state index contributed by atoms with van der Waals surface area (Å²) < 4.78 is 0.807. The summed E-state index contributed by atoms with van der Waals surface area (Å²) >= 11 is 3.32. The highest BCUT2D eigenvalue weighted by Crippen LogP contribution is 2.10. The van der Waals surface area contributed by atoms with E-state index in [-0.39, 0.29) is 11.9 Å².